The summed E-state index contributed by atoms with van der Waals surface area (Å²) in [5, 5.41) is 10.3. The molecule has 9 heteroatoms. The highest BCUT2D eigenvalue weighted by Gasteiger charge is 2.32. The van der Waals surface area contributed by atoms with Crippen molar-refractivity contribution in [2.45, 2.75) is 18.9 Å². The number of allylic oxidation sites excluding steroid dienone is 1. The minimum absolute atomic E-state index is 0.333. The van der Waals surface area contributed by atoms with Crippen LogP contribution < -0.4 is 20.7 Å². The molecule has 2 heterocycles. The molecule has 0 aromatic heterocycles. The van der Waals surface area contributed by atoms with Gasteiger partial charge in [0.1, 0.15) is 11.9 Å². The molecule has 0 bridgehead atoms. The predicted molar refractivity (Wildman–Crippen MR) is 109 cm³/mol. The molecule has 1 atom stereocenters. The lowest BCUT2D eigenvalue weighted by Gasteiger charge is -2.30. The van der Waals surface area contributed by atoms with Gasteiger partial charge in [-0.2, -0.15) is 5.26 Å². The highest BCUT2D eigenvalue weighted by molar-refractivity contribution is 7.79. The second kappa shape index (κ2) is 9.59. The molecule has 0 aliphatic carbocycles. The van der Waals surface area contributed by atoms with Gasteiger partial charge in [-0.25, -0.2) is 9.18 Å². The third-order valence-electron chi connectivity index (χ3n) is 4.77. The van der Waals surface area contributed by atoms with E-state index in [2.05, 4.69) is 16.9 Å². The summed E-state index contributed by atoms with van der Waals surface area (Å²) in [6, 6.07) is 6.86. The molecule has 2 saturated heterocycles. The summed E-state index contributed by atoms with van der Waals surface area (Å²) in [6.07, 6.45) is 2.25. The van der Waals surface area contributed by atoms with Gasteiger partial charge in [0.2, 0.25) is 0 Å². The lowest BCUT2D eigenvalue weighted by molar-refractivity contribution is 0.138. The quantitative estimate of drug-likeness (QED) is 0.313. The molecule has 0 saturated carbocycles. The molecule has 2 fully saturated rings. The number of anilines is 2. The molecule has 28 heavy (non-hydrogen) atoms. The first-order chi connectivity index (χ1) is 13.6. The third-order valence-corrected chi connectivity index (χ3v) is 4.94. The average Bonchev–Trinajstić information content (AvgIpc) is 3.07. The van der Waals surface area contributed by atoms with E-state index in [0.717, 1.165) is 18.4 Å². The van der Waals surface area contributed by atoms with Crippen LogP contribution in [0.5, 0.6) is 0 Å². The van der Waals surface area contributed by atoms with Crippen LogP contribution in [0.2, 0.25) is 0 Å². The van der Waals surface area contributed by atoms with E-state index >= 15 is 0 Å². The first-order valence-corrected chi connectivity index (χ1v) is 9.59. The van der Waals surface area contributed by atoms with E-state index in [9.17, 15) is 9.18 Å². The first kappa shape index (κ1) is 20.2. The van der Waals surface area contributed by atoms with Gasteiger partial charge in [0.25, 0.3) is 0 Å². The van der Waals surface area contributed by atoms with Crippen LogP contribution in [0.25, 0.3) is 0 Å². The Hall–Kier alpha value is -2.54. The number of ether oxygens (including phenoxy) is 1. The molecule has 7 nitrogen and oxygen atoms in total. The van der Waals surface area contributed by atoms with Crippen molar-refractivity contribution in [3.63, 3.8) is 0 Å². The standard InChI is InChI=1S/C19H22FN5O2S/c20-17-11-15(25-13-16(27-19(25)26)12-23-22-7-10-28)1-2-18(17)24-8-4-14(3-6-21)5-9-24/h1-3,10-11,16,22-23H,4-5,7-9,12-13H2. The number of halogens is 1. The zero-order valence-corrected chi connectivity index (χ0v) is 16.2. The van der Waals surface area contributed by atoms with Crippen LogP contribution in [0, 0.1) is 17.1 Å². The number of amides is 1. The first-order valence-electron chi connectivity index (χ1n) is 9.12. The Kier molecular flexibility index (Phi) is 6.92. The number of hydrazine groups is 1. The summed E-state index contributed by atoms with van der Waals surface area (Å²) in [5.41, 5.74) is 7.90. The minimum Gasteiger partial charge on any atom is -0.443 e. The molecule has 2 aliphatic heterocycles. The largest absolute Gasteiger partial charge is 0.443 e. The lowest BCUT2D eigenvalue weighted by atomic mass is 10.0. The topological polar surface area (TPSA) is 80.6 Å². The molecule has 2 N–H and O–H groups in total. The van der Waals surface area contributed by atoms with Gasteiger partial charge in [-0.1, -0.05) is 17.8 Å². The van der Waals surface area contributed by atoms with Gasteiger partial charge in [-0.15, -0.1) is 0 Å². The molecular formula is C19H22FN5O2S. The van der Waals surface area contributed by atoms with Crippen molar-refractivity contribution in [3.8, 4) is 6.07 Å². The predicted octanol–water partition coefficient (Wildman–Crippen LogP) is 2.29. The summed E-state index contributed by atoms with van der Waals surface area (Å²) >= 11 is 4.71. The number of piperidine rings is 1. The average molecular weight is 403 g/mol. The second-order valence-electron chi connectivity index (χ2n) is 6.60. The number of nitrogens with zero attached hydrogens (tertiary/aromatic N) is 3. The van der Waals surface area contributed by atoms with Crippen LogP contribution in [-0.4, -0.2) is 50.3 Å². The van der Waals surface area contributed by atoms with Gasteiger partial charge in [-0.05, 0) is 36.4 Å². The maximum absolute atomic E-state index is 14.7. The monoisotopic (exact) mass is 403 g/mol. The molecular weight excluding hydrogens is 381 g/mol. The molecule has 2 aliphatic rings. The molecule has 1 unspecified atom stereocenters. The molecule has 3 rings (SSSR count). The van der Waals surface area contributed by atoms with Crippen LogP contribution in [0.15, 0.2) is 29.8 Å². The zero-order valence-electron chi connectivity index (χ0n) is 15.4. The molecule has 1 amide bonds. The van der Waals surface area contributed by atoms with Crippen LogP contribution >= 0.6 is 12.2 Å². The number of benzene rings is 1. The van der Waals surface area contributed by atoms with Crippen molar-refractivity contribution < 1.29 is 13.9 Å². The van der Waals surface area contributed by atoms with Crippen molar-refractivity contribution in [1.82, 2.24) is 10.9 Å². The highest BCUT2D eigenvalue weighted by Crippen LogP contribution is 2.30. The number of hydrogen-bond donors (Lipinski definition) is 2. The Labute approximate surface area is 168 Å². The van der Waals surface area contributed by atoms with Crippen molar-refractivity contribution >= 4 is 35.1 Å². The van der Waals surface area contributed by atoms with Gasteiger partial charge in [0.15, 0.2) is 0 Å². The van der Waals surface area contributed by atoms with Crippen LogP contribution in [0.1, 0.15) is 12.8 Å². The SMILES string of the molecule is N#CC=C1CCN(c2ccc(N3CC(CNNCC=S)OC3=O)cc2F)CC1. The second-order valence-corrected chi connectivity index (χ2v) is 6.93. The van der Waals surface area contributed by atoms with Crippen molar-refractivity contribution in [3.05, 3.63) is 35.7 Å². The Balaban J connectivity index is 1.61. The van der Waals surface area contributed by atoms with Gasteiger partial charge in [-0.3, -0.25) is 15.8 Å². The van der Waals surface area contributed by atoms with Crippen LogP contribution in [0.4, 0.5) is 20.6 Å². The van der Waals surface area contributed by atoms with Crippen LogP contribution in [-0.2, 0) is 4.74 Å². The van der Waals surface area contributed by atoms with Crippen molar-refractivity contribution in [2.75, 3.05) is 42.5 Å². The van der Waals surface area contributed by atoms with E-state index in [1.54, 1.807) is 23.6 Å². The highest BCUT2D eigenvalue weighted by atomic mass is 32.1. The van der Waals surface area contributed by atoms with Crippen LogP contribution in [0.3, 0.4) is 0 Å². The number of nitrogens with one attached hydrogen (secondary N) is 2. The fourth-order valence-electron chi connectivity index (χ4n) is 3.33. The molecule has 0 radical (unpaired) electrons. The van der Waals surface area contributed by atoms with E-state index in [1.807, 2.05) is 4.90 Å². The van der Waals surface area contributed by atoms with Crippen molar-refractivity contribution in [1.29, 1.82) is 5.26 Å². The fourth-order valence-corrected chi connectivity index (χ4v) is 3.41. The number of rotatable bonds is 7. The van der Waals surface area contributed by atoms with E-state index in [4.69, 9.17) is 22.2 Å². The third kappa shape index (κ3) is 4.84. The normalized spacial score (nSPS) is 19.4. The Bertz CT molecular complexity index is 800. The Morgan fingerprint density at radius 2 is 2.14 bits per heavy atom. The smallest absolute Gasteiger partial charge is 0.414 e. The fraction of sp³-hybridized carbons (Fsp3) is 0.421. The van der Waals surface area contributed by atoms with E-state index < -0.39 is 6.09 Å². The van der Waals surface area contributed by atoms with Gasteiger partial charge in [0, 0.05) is 32.3 Å². The summed E-state index contributed by atoms with van der Waals surface area (Å²) in [7, 11) is 0. The summed E-state index contributed by atoms with van der Waals surface area (Å²) in [5.74, 6) is -0.373. The number of carbonyl (C=O) groups is 1. The number of nitriles is 1. The Morgan fingerprint density at radius 1 is 1.36 bits per heavy atom. The van der Waals surface area contributed by atoms with Crippen molar-refractivity contribution in [2.24, 2.45) is 0 Å². The summed E-state index contributed by atoms with van der Waals surface area (Å²) < 4.78 is 20.0. The molecule has 148 valence electrons. The van der Waals surface area contributed by atoms with E-state index in [1.165, 1.54) is 11.0 Å². The van der Waals surface area contributed by atoms with Gasteiger partial charge < -0.3 is 9.64 Å². The molecule has 1 aromatic carbocycles. The number of thiocarbonyl (C=S) groups is 1. The lowest BCUT2D eigenvalue weighted by Crippen LogP contribution is -2.40. The van der Waals surface area contributed by atoms with Gasteiger partial charge >= 0.3 is 6.09 Å². The van der Waals surface area contributed by atoms with E-state index in [-0.39, 0.29) is 11.9 Å². The molecule has 1 aromatic rings. The number of hydrogen-bond acceptors (Lipinski definition) is 7. The van der Waals surface area contributed by atoms with Gasteiger partial charge in [0.05, 0.1) is 24.0 Å². The summed E-state index contributed by atoms with van der Waals surface area (Å²) in [4.78, 5) is 15.5. The Morgan fingerprint density at radius 3 is 2.82 bits per heavy atom. The maximum Gasteiger partial charge on any atom is 0.414 e. The zero-order chi connectivity index (χ0) is 19.9. The molecule has 0 spiro atoms. The summed E-state index contributed by atoms with van der Waals surface area (Å²) in [6.45, 7) is 2.63. The maximum atomic E-state index is 14.7. The van der Waals surface area contributed by atoms with E-state index in [0.29, 0.717) is 44.1 Å². The minimum atomic E-state index is -0.488. The number of carbonyl (C=O) groups excluding carboxylic acids is 1. The number of cyclic esters (lactones) is 1.